The van der Waals surface area contributed by atoms with Crippen LogP contribution in [0.1, 0.15) is 43.5 Å². The van der Waals surface area contributed by atoms with Gasteiger partial charge in [-0.25, -0.2) is 9.79 Å². The molecule has 0 aliphatic carbocycles. The molecular formula is C29H27ClN2O5S. The van der Waals surface area contributed by atoms with Crippen molar-refractivity contribution in [3.63, 3.8) is 0 Å². The average Bonchev–Trinajstić information content (AvgIpc) is 3.17. The van der Waals surface area contributed by atoms with E-state index in [0.717, 1.165) is 11.1 Å². The lowest BCUT2D eigenvalue weighted by atomic mass is 9.95. The number of benzene rings is 2. The number of terminal acetylenes is 1. The molecule has 7 nitrogen and oxygen atoms in total. The maximum Gasteiger partial charge on any atom is 0.338 e. The SMILES string of the molecule is C#CCOc1c(Cl)cc(/C=c2/sc3n(c2=O)[C@@H](c2ccc(C)cc2)C(C(=O)OCC)=C(C)N=3)cc1OCC. The molecule has 4 rings (SSSR count). The van der Waals surface area contributed by atoms with E-state index in [0.29, 0.717) is 49.3 Å². The Morgan fingerprint density at radius 3 is 2.58 bits per heavy atom. The molecular weight excluding hydrogens is 524 g/mol. The van der Waals surface area contributed by atoms with Gasteiger partial charge in [0.15, 0.2) is 16.3 Å². The average molecular weight is 551 g/mol. The third kappa shape index (κ3) is 5.40. The maximum absolute atomic E-state index is 13.8. The third-order valence-corrected chi connectivity index (χ3v) is 7.10. The summed E-state index contributed by atoms with van der Waals surface area (Å²) in [5.74, 6) is 2.69. The summed E-state index contributed by atoms with van der Waals surface area (Å²) in [6.07, 6.45) is 7.04. The molecule has 0 spiro atoms. The topological polar surface area (TPSA) is 79.1 Å². The first-order chi connectivity index (χ1) is 18.3. The van der Waals surface area contributed by atoms with Gasteiger partial charge in [0.25, 0.3) is 5.56 Å². The monoisotopic (exact) mass is 550 g/mol. The number of esters is 1. The Labute approximate surface area is 229 Å². The number of aromatic nitrogens is 1. The van der Waals surface area contributed by atoms with Crippen molar-refractivity contribution in [2.24, 2.45) is 4.99 Å². The minimum atomic E-state index is -0.671. The summed E-state index contributed by atoms with van der Waals surface area (Å²) in [4.78, 5) is 31.9. The van der Waals surface area contributed by atoms with Gasteiger partial charge in [-0.1, -0.05) is 58.7 Å². The number of hydrogen-bond donors (Lipinski definition) is 0. The number of hydrogen-bond acceptors (Lipinski definition) is 7. The number of carbonyl (C=O) groups is 1. The first-order valence-electron chi connectivity index (χ1n) is 12.1. The predicted molar refractivity (Wildman–Crippen MR) is 149 cm³/mol. The molecule has 0 unspecified atom stereocenters. The van der Waals surface area contributed by atoms with Crippen molar-refractivity contribution >= 4 is 35.0 Å². The Morgan fingerprint density at radius 2 is 1.92 bits per heavy atom. The fourth-order valence-corrected chi connectivity index (χ4v) is 5.52. The molecule has 2 heterocycles. The van der Waals surface area contributed by atoms with Gasteiger partial charge in [-0.05, 0) is 57.0 Å². The minimum Gasteiger partial charge on any atom is -0.490 e. The highest BCUT2D eigenvalue weighted by atomic mass is 35.5. The molecule has 0 bridgehead atoms. The maximum atomic E-state index is 13.8. The Morgan fingerprint density at radius 1 is 1.18 bits per heavy atom. The summed E-state index contributed by atoms with van der Waals surface area (Å²) in [5.41, 5.74) is 3.07. The van der Waals surface area contributed by atoms with E-state index < -0.39 is 12.0 Å². The first kappa shape index (κ1) is 27.2. The summed E-state index contributed by atoms with van der Waals surface area (Å²) < 4.78 is 18.6. The van der Waals surface area contributed by atoms with Crippen LogP contribution in [0.15, 0.2) is 57.5 Å². The highest BCUT2D eigenvalue weighted by Gasteiger charge is 2.33. The highest BCUT2D eigenvalue weighted by molar-refractivity contribution is 7.07. The van der Waals surface area contributed by atoms with Crippen LogP contribution in [0, 0.1) is 19.3 Å². The molecule has 2 aromatic carbocycles. The van der Waals surface area contributed by atoms with Crippen molar-refractivity contribution in [3.8, 4) is 23.8 Å². The molecule has 1 aliphatic heterocycles. The molecule has 0 amide bonds. The van der Waals surface area contributed by atoms with E-state index in [9.17, 15) is 9.59 Å². The quantitative estimate of drug-likeness (QED) is 0.311. The summed E-state index contributed by atoms with van der Waals surface area (Å²) in [6, 6.07) is 10.5. The van der Waals surface area contributed by atoms with Crippen molar-refractivity contribution in [3.05, 3.63) is 89.1 Å². The van der Waals surface area contributed by atoms with Crippen LogP contribution in [0.25, 0.3) is 6.08 Å². The molecule has 9 heteroatoms. The molecule has 0 saturated carbocycles. The molecule has 0 fully saturated rings. The van der Waals surface area contributed by atoms with Crippen molar-refractivity contribution < 1.29 is 19.0 Å². The zero-order chi connectivity index (χ0) is 27.4. The van der Waals surface area contributed by atoms with Gasteiger partial charge < -0.3 is 14.2 Å². The lowest BCUT2D eigenvalue weighted by Crippen LogP contribution is -2.39. The zero-order valence-electron chi connectivity index (χ0n) is 21.5. The van der Waals surface area contributed by atoms with Crippen LogP contribution >= 0.6 is 22.9 Å². The van der Waals surface area contributed by atoms with E-state index in [1.54, 1.807) is 36.6 Å². The second-order valence-corrected chi connectivity index (χ2v) is 9.89. The van der Waals surface area contributed by atoms with Crippen molar-refractivity contribution in [2.75, 3.05) is 19.8 Å². The molecule has 3 aromatic rings. The molecule has 1 atom stereocenters. The van der Waals surface area contributed by atoms with Crippen LogP contribution in [-0.2, 0) is 9.53 Å². The third-order valence-electron chi connectivity index (χ3n) is 5.84. The van der Waals surface area contributed by atoms with Gasteiger partial charge in [0.1, 0.15) is 6.61 Å². The lowest BCUT2D eigenvalue weighted by Gasteiger charge is -2.24. The number of allylic oxidation sites excluding steroid dienone is 1. The number of carbonyl (C=O) groups excluding carboxylic acids is 1. The van der Waals surface area contributed by atoms with Crippen LogP contribution in [0.4, 0.5) is 0 Å². The fourth-order valence-electron chi connectivity index (χ4n) is 4.20. The number of thiazole rings is 1. The van der Waals surface area contributed by atoms with Gasteiger partial charge in [-0.15, -0.1) is 6.42 Å². The number of nitrogens with zero attached hydrogens (tertiary/aromatic N) is 2. The van der Waals surface area contributed by atoms with E-state index in [1.807, 2.05) is 38.1 Å². The van der Waals surface area contributed by atoms with E-state index in [4.69, 9.17) is 32.2 Å². The number of aryl methyl sites for hydroxylation is 1. The summed E-state index contributed by atoms with van der Waals surface area (Å²) in [6.45, 7) is 7.97. The standard InChI is InChI=1S/C29H27ClN2O5S/c1-6-13-37-26-21(30)14-19(15-22(26)35-7-2)16-23-27(33)32-25(20-11-9-17(4)10-12-20)24(28(34)36-8-3)18(5)31-29(32)38-23/h1,9-12,14-16,25H,7-8,13H2,2-5H3/b23-16+/t25-/m0/s1. The van der Waals surface area contributed by atoms with Crippen LogP contribution in [0.3, 0.4) is 0 Å². The summed E-state index contributed by atoms with van der Waals surface area (Å²) >= 11 is 7.71. The van der Waals surface area contributed by atoms with Crippen LogP contribution in [0.2, 0.25) is 5.02 Å². The Balaban J connectivity index is 1.90. The van der Waals surface area contributed by atoms with Gasteiger partial charge >= 0.3 is 5.97 Å². The van der Waals surface area contributed by atoms with Gasteiger partial charge in [0.05, 0.1) is 40.1 Å². The fraction of sp³-hybridized carbons (Fsp3) is 0.276. The molecule has 0 N–H and O–H groups in total. The second-order valence-electron chi connectivity index (χ2n) is 8.47. The second kappa shape index (κ2) is 11.7. The van der Waals surface area contributed by atoms with Gasteiger partial charge in [0, 0.05) is 0 Å². The molecule has 1 aliphatic rings. The largest absolute Gasteiger partial charge is 0.490 e. The number of halogens is 1. The van der Waals surface area contributed by atoms with Gasteiger partial charge in [-0.3, -0.25) is 9.36 Å². The van der Waals surface area contributed by atoms with Gasteiger partial charge in [-0.2, -0.15) is 0 Å². The van der Waals surface area contributed by atoms with Crippen LogP contribution in [-0.4, -0.2) is 30.4 Å². The zero-order valence-corrected chi connectivity index (χ0v) is 23.1. The molecule has 1 aromatic heterocycles. The van der Waals surface area contributed by atoms with E-state index in [2.05, 4.69) is 10.9 Å². The van der Waals surface area contributed by atoms with E-state index >= 15 is 0 Å². The number of ether oxygens (including phenoxy) is 3. The minimum absolute atomic E-state index is 0.0406. The number of fused-ring (bicyclic) bond motifs is 1. The smallest absolute Gasteiger partial charge is 0.338 e. The van der Waals surface area contributed by atoms with Crippen LogP contribution in [0.5, 0.6) is 11.5 Å². The lowest BCUT2D eigenvalue weighted by molar-refractivity contribution is -0.139. The molecule has 0 radical (unpaired) electrons. The van der Waals surface area contributed by atoms with E-state index in [1.165, 1.54) is 11.3 Å². The van der Waals surface area contributed by atoms with Crippen molar-refractivity contribution in [1.82, 2.24) is 4.57 Å². The van der Waals surface area contributed by atoms with E-state index in [-0.39, 0.29) is 18.8 Å². The summed E-state index contributed by atoms with van der Waals surface area (Å²) in [5, 5.41) is 0.309. The Hall–Kier alpha value is -3.80. The molecule has 38 heavy (non-hydrogen) atoms. The van der Waals surface area contributed by atoms with Crippen LogP contribution < -0.4 is 24.4 Å². The Bertz CT molecular complexity index is 1630. The molecule has 196 valence electrons. The molecule has 0 saturated heterocycles. The Kier molecular flexibility index (Phi) is 8.40. The normalized spacial score (nSPS) is 14.9. The van der Waals surface area contributed by atoms with Crippen molar-refractivity contribution in [1.29, 1.82) is 0 Å². The van der Waals surface area contributed by atoms with Gasteiger partial charge in [0.2, 0.25) is 0 Å². The predicted octanol–water partition coefficient (Wildman–Crippen LogP) is 4.17. The van der Waals surface area contributed by atoms with Crippen molar-refractivity contribution in [2.45, 2.75) is 33.7 Å². The number of rotatable bonds is 8. The highest BCUT2D eigenvalue weighted by Crippen LogP contribution is 2.37. The first-order valence-corrected chi connectivity index (χ1v) is 13.3. The summed E-state index contributed by atoms with van der Waals surface area (Å²) in [7, 11) is 0.